The Morgan fingerprint density at radius 2 is 1.65 bits per heavy atom. The van der Waals surface area contributed by atoms with Gasteiger partial charge in [0.05, 0.1) is 17.3 Å². The van der Waals surface area contributed by atoms with Crippen LogP contribution in [0.25, 0.3) is 5.69 Å². The summed E-state index contributed by atoms with van der Waals surface area (Å²) in [5, 5.41) is 2.29. The third-order valence-electron chi connectivity index (χ3n) is 8.24. The molecule has 2 atom stereocenters. The quantitative estimate of drug-likeness (QED) is 0.139. The minimum Gasteiger partial charge on any atom is -0.461 e. The SMILES string of the molecule is CCOC(=O)c1nc(C2CCCC(O[Si](c3ccccc3)(c3ccccc3)C(C)(C)C)C2)n(-c2cccc(Cl)c2F)c1Br. The first-order valence-corrected chi connectivity index (χ1v) is 17.8. The second-order valence-corrected chi connectivity index (χ2v) is 17.4. The fourth-order valence-corrected chi connectivity index (χ4v) is 11.9. The molecule has 5 rings (SSSR count). The molecule has 3 aromatic carbocycles. The first-order chi connectivity index (χ1) is 20.6. The number of carbonyl (C=O) groups is 1. The Kier molecular flexibility index (Phi) is 9.61. The molecule has 0 radical (unpaired) electrons. The summed E-state index contributed by atoms with van der Waals surface area (Å²) in [5.41, 5.74) is 0.346. The van der Waals surface area contributed by atoms with Crippen LogP contribution >= 0.6 is 27.5 Å². The molecule has 9 heteroatoms. The summed E-state index contributed by atoms with van der Waals surface area (Å²) in [7, 11) is -2.78. The third kappa shape index (κ3) is 6.12. The van der Waals surface area contributed by atoms with Gasteiger partial charge in [0, 0.05) is 12.0 Å². The summed E-state index contributed by atoms with van der Waals surface area (Å²) in [4.78, 5) is 17.7. The van der Waals surface area contributed by atoms with Crippen molar-refractivity contribution in [1.82, 2.24) is 9.55 Å². The van der Waals surface area contributed by atoms with Crippen molar-refractivity contribution in [2.24, 2.45) is 0 Å². The molecule has 0 bridgehead atoms. The van der Waals surface area contributed by atoms with E-state index in [0.29, 0.717) is 16.8 Å². The molecular weight excluding hydrogens is 647 g/mol. The molecule has 1 heterocycles. The second kappa shape index (κ2) is 13.1. The predicted molar refractivity (Wildman–Crippen MR) is 176 cm³/mol. The summed E-state index contributed by atoms with van der Waals surface area (Å²) in [6, 6.07) is 26.1. The lowest BCUT2D eigenvalue weighted by Gasteiger charge is -2.46. The van der Waals surface area contributed by atoms with Crippen LogP contribution in [-0.4, -0.2) is 36.5 Å². The first kappa shape index (κ1) is 31.6. The molecule has 1 aliphatic rings. The van der Waals surface area contributed by atoms with E-state index in [-0.39, 0.29) is 40.1 Å². The molecule has 0 saturated heterocycles. The number of esters is 1. The lowest BCUT2D eigenvalue weighted by Crippen LogP contribution is -2.67. The number of aromatic nitrogens is 2. The highest BCUT2D eigenvalue weighted by Gasteiger charge is 2.52. The minimum atomic E-state index is -2.78. The monoisotopic (exact) mass is 682 g/mol. The van der Waals surface area contributed by atoms with Gasteiger partial charge in [0.2, 0.25) is 0 Å². The van der Waals surface area contributed by atoms with Crippen molar-refractivity contribution in [3.8, 4) is 5.69 Å². The van der Waals surface area contributed by atoms with Crippen molar-refractivity contribution in [2.75, 3.05) is 6.61 Å². The van der Waals surface area contributed by atoms with Crippen LogP contribution in [0.2, 0.25) is 10.1 Å². The molecule has 1 saturated carbocycles. The molecule has 1 aliphatic carbocycles. The van der Waals surface area contributed by atoms with Crippen LogP contribution in [0.1, 0.15) is 75.6 Å². The molecule has 2 unspecified atom stereocenters. The fourth-order valence-electron chi connectivity index (χ4n) is 6.34. The van der Waals surface area contributed by atoms with Crippen LogP contribution < -0.4 is 10.4 Å². The number of hydrogen-bond donors (Lipinski definition) is 0. The van der Waals surface area contributed by atoms with E-state index in [9.17, 15) is 4.79 Å². The van der Waals surface area contributed by atoms with Crippen LogP contribution in [0.5, 0.6) is 0 Å². The summed E-state index contributed by atoms with van der Waals surface area (Å²) in [5.74, 6) is -0.635. The number of carbonyl (C=O) groups excluding carboxylic acids is 1. The molecule has 5 nitrogen and oxygen atoms in total. The Labute approximate surface area is 267 Å². The lowest BCUT2D eigenvalue weighted by molar-refractivity contribution is 0.0518. The zero-order valence-electron chi connectivity index (χ0n) is 24.9. The van der Waals surface area contributed by atoms with Gasteiger partial charge in [0.15, 0.2) is 11.5 Å². The van der Waals surface area contributed by atoms with Crippen molar-refractivity contribution in [2.45, 2.75) is 70.4 Å². The van der Waals surface area contributed by atoms with E-state index >= 15 is 4.39 Å². The summed E-state index contributed by atoms with van der Waals surface area (Å²) >= 11 is 9.75. The van der Waals surface area contributed by atoms with Crippen LogP contribution in [0.4, 0.5) is 4.39 Å². The third-order valence-corrected chi connectivity index (χ3v) is 14.4. The van der Waals surface area contributed by atoms with Crippen LogP contribution in [-0.2, 0) is 9.16 Å². The van der Waals surface area contributed by atoms with Crippen LogP contribution in [0, 0.1) is 5.82 Å². The molecule has 226 valence electrons. The maximum Gasteiger partial charge on any atom is 0.359 e. The van der Waals surface area contributed by atoms with Gasteiger partial charge in [-0.1, -0.05) is 106 Å². The number of hydrogen-bond acceptors (Lipinski definition) is 4. The van der Waals surface area contributed by atoms with Gasteiger partial charge in [-0.15, -0.1) is 0 Å². The Morgan fingerprint density at radius 1 is 1.02 bits per heavy atom. The summed E-state index contributed by atoms with van der Waals surface area (Å²) in [6.07, 6.45) is 3.25. The van der Waals surface area contributed by atoms with E-state index < -0.39 is 20.1 Å². The van der Waals surface area contributed by atoms with Gasteiger partial charge in [-0.05, 0) is 69.7 Å². The number of imidazole rings is 1. The maximum absolute atomic E-state index is 15.4. The average Bonchev–Trinajstić information content (AvgIpc) is 3.34. The van der Waals surface area contributed by atoms with Gasteiger partial charge in [-0.25, -0.2) is 14.2 Å². The van der Waals surface area contributed by atoms with Crippen molar-refractivity contribution in [1.29, 1.82) is 0 Å². The number of halogens is 3. The van der Waals surface area contributed by atoms with Crippen LogP contribution in [0.15, 0.2) is 83.5 Å². The van der Waals surface area contributed by atoms with Gasteiger partial charge in [-0.3, -0.25) is 4.57 Å². The second-order valence-electron chi connectivity index (χ2n) is 12.0. The Balaban J connectivity index is 1.59. The van der Waals surface area contributed by atoms with Gasteiger partial charge >= 0.3 is 5.97 Å². The van der Waals surface area contributed by atoms with Crippen molar-refractivity contribution < 1.29 is 18.3 Å². The van der Waals surface area contributed by atoms with Gasteiger partial charge in [-0.2, -0.15) is 0 Å². The summed E-state index contributed by atoms with van der Waals surface area (Å²) < 4.78 is 30.2. The Morgan fingerprint density at radius 3 is 2.23 bits per heavy atom. The highest BCUT2D eigenvalue weighted by molar-refractivity contribution is 9.10. The van der Waals surface area contributed by atoms with Crippen molar-refractivity contribution >= 4 is 52.2 Å². The molecule has 1 fully saturated rings. The zero-order valence-corrected chi connectivity index (χ0v) is 28.3. The van der Waals surface area contributed by atoms with E-state index in [1.165, 1.54) is 16.4 Å². The van der Waals surface area contributed by atoms with Gasteiger partial charge in [0.1, 0.15) is 10.4 Å². The minimum absolute atomic E-state index is 0.00160. The predicted octanol–water partition coefficient (Wildman–Crippen LogP) is 8.21. The maximum atomic E-state index is 15.4. The normalized spacial score (nSPS) is 17.6. The highest BCUT2D eigenvalue weighted by Crippen LogP contribution is 2.43. The van der Waals surface area contributed by atoms with Gasteiger partial charge < -0.3 is 9.16 Å². The molecule has 0 aliphatic heterocycles. The molecule has 0 N–H and O–H groups in total. The highest BCUT2D eigenvalue weighted by atomic mass is 79.9. The van der Waals surface area contributed by atoms with Crippen LogP contribution in [0.3, 0.4) is 0 Å². The van der Waals surface area contributed by atoms with E-state index in [0.717, 1.165) is 19.3 Å². The number of ether oxygens (including phenoxy) is 1. The average molecular weight is 684 g/mol. The molecular formula is C34H37BrClFN2O3Si. The lowest BCUT2D eigenvalue weighted by atomic mass is 9.86. The smallest absolute Gasteiger partial charge is 0.359 e. The van der Waals surface area contributed by atoms with Crippen molar-refractivity contribution in [3.63, 3.8) is 0 Å². The molecule has 4 aromatic rings. The van der Waals surface area contributed by atoms with Gasteiger partial charge in [0.25, 0.3) is 8.32 Å². The molecule has 0 amide bonds. The van der Waals surface area contributed by atoms with E-state index in [2.05, 4.69) is 85.2 Å². The van der Waals surface area contributed by atoms with E-state index in [4.69, 9.17) is 25.7 Å². The molecule has 43 heavy (non-hydrogen) atoms. The van der Waals surface area contributed by atoms with E-state index in [1.54, 1.807) is 23.6 Å². The topological polar surface area (TPSA) is 53.4 Å². The largest absolute Gasteiger partial charge is 0.461 e. The number of nitrogens with zero attached hydrogens (tertiary/aromatic N) is 2. The standard InChI is InChI=1S/C34H37BrClFN2O3Si/c1-5-41-33(40)30-31(35)39(28-21-13-20-27(36)29(28)37)32(38-30)23-14-12-15-24(22-23)42-43(34(2,3)4,25-16-8-6-9-17-25)26-18-10-7-11-19-26/h6-11,13,16-21,23-24H,5,12,14-15,22H2,1-4H3. The van der Waals surface area contributed by atoms with Crippen molar-refractivity contribution in [3.05, 3.63) is 106 Å². The Hall–Kier alpha value is -2.78. The number of benzene rings is 3. The zero-order chi connectivity index (χ0) is 30.8. The molecule has 1 aromatic heterocycles. The van der Waals surface area contributed by atoms with E-state index in [1.807, 2.05) is 12.1 Å². The first-order valence-electron chi connectivity index (χ1n) is 14.8. The number of rotatable bonds is 8. The molecule has 0 spiro atoms. The Bertz CT molecular complexity index is 1540. The summed E-state index contributed by atoms with van der Waals surface area (Å²) in [6.45, 7) is 8.77. The fraction of sp³-hybridized carbons (Fsp3) is 0.353.